The maximum atomic E-state index is 12.5. The molecule has 2 amide bonds. The summed E-state index contributed by atoms with van der Waals surface area (Å²) in [5.74, 6) is -1.71. The normalized spacial score (nSPS) is 14.3. The van der Waals surface area contributed by atoms with Gasteiger partial charge in [0.15, 0.2) is 6.61 Å². The zero-order valence-electron chi connectivity index (χ0n) is 18.9. The summed E-state index contributed by atoms with van der Waals surface area (Å²) >= 11 is 1.36. The van der Waals surface area contributed by atoms with Crippen LogP contribution in [0.4, 0.5) is 10.7 Å². The number of amides is 2. The molecular formula is C24H25N3O6S. The molecule has 0 fully saturated rings. The predicted octanol–water partition coefficient (Wildman–Crippen LogP) is 3.70. The van der Waals surface area contributed by atoms with Crippen molar-refractivity contribution in [3.8, 4) is 6.07 Å². The Hall–Kier alpha value is -3.71. The second-order valence-electron chi connectivity index (χ2n) is 7.86. The van der Waals surface area contributed by atoms with Crippen molar-refractivity contribution in [3.63, 3.8) is 0 Å². The molecule has 2 aromatic rings. The third-order valence-electron chi connectivity index (χ3n) is 5.22. The highest BCUT2D eigenvalue weighted by atomic mass is 32.1. The van der Waals surface area contributed by atoms with Crippen LogP contribution in [0.5, 0.6) is 0 Å². The van der Waals surface area contributed by atoms with Gasteiger partial charge in [-0.05, 0) is 61.9 Å². The number of nitrogens with one attached hydrogen (secondary N) is 2. The lowest BCUT2D eigenvalue weighted by molar-refractivity contribution is -0.119. The van der Waals surface area contributed by atoms with Crippen molar-refractivity contribution in [2.24, 2.45) is 5.92 Å². The van der Waals surface area contributed by atoms with E-state index in [0.29, 0.717) is 22.2 Å². The van der Waals surface area contributed by atoms with Crippen molar-refractivity contribution >= 4 is 45.8 Å². The van der Waals surface area contributed by atoms with Crippen LogP contribution in [0.1, 0.15) is 57.8 Å². The predicted molar refractivity (Wildman–Crippen MR) is 126 cm³/mol. The summed E-state index contributed by atoms with van der Waals surface area (Å²) in [5, 5.41) is 14.2. The minimum Gasteiger partial charge on any atom is -0.462 e. The van der Waals surface area contributed by atoms with E-state index in [4.69, 9.17) is 14.7 Å². The molecule has 34 heavy (non-hydrogen) atoms. The molecule has 0 aliphatic heterocycles. The van der Waals surface area contributed by atoms with E-state index in [1.807, 2.05) is 0 Å². The van der Waals surface area contributed by atoms with Crippen LogP contribution in [-0.4, -0.2) is 37.0 Å². The largest absolute Gasteiger partial charge is 0.462 e. The molecule has 10 heteroatoms. The molecule has 1 aromatic heterocycles. The van der Waals surface area contributed by atoms with Crippen molar-refractivity contribution in [1.82, 2.24) is 0 Å². The second kappa shape index (κ2) is 11.4. The van der Waals surface area contributed by atoms with Gasteiger partial charge in [-0.3, -0.25) is 9.59 Å². The molecular weight excluding hydrogens is 458 g/mol. The number of thiophene rings is 1. The minimum absolute atomic E-state index is 0.193. The average molecular weight is 484 g/mol. The zero-order chi connectivity index (χ0) is 24.7. The first-order valence-corrected chi connectivity index (χ1v) is 11.7. The molecule has 178 valence electrons. The third kappa shape index (κ3) is 6.20. The minimum atomic E-state index is -0.713. The molecule has 9 nitrogen and oxygen atoms in total. The van der Waals surface area contributed by atoms with Crippen LogP contribution < -0.4 is 10.6 Å². The van der Waals surface area contributed by atoms with Gasteiger partial charge in [0.25, 0.3) is 5.91 Å². The van der Waals surface area contributed by atoms with Crippen LogP contribution in [0.2, 0.25) is 0 Å². The third-order valence-corrected chi connectivity index (χ3v) is 6.39. The Morgan fingerprint density at radius 3 is 2.50 bits per heavy atom. The van der Waals surface area contributed by atoms with Gasteiger partial charge in [-0.1, -0.05) is 6.92 Å². The van der Waals surface area contributed by atoms with E-state index in [1.165, 1.54) is 35.6 Å². The van der Waals surface area contributed by atoms with Crippen molar-refractivity contribution < 1.29 is 28.7 Å². The number of nitriles is 1. The van der Waals surface area contributed by atoms with Crippen LogP contribution in [0, 0.1) is 17.2 Å². The molecule has 1 aliphatic carbocycles. The van der Waals surface area contributed by atoms with Crippen LogP contribution in [0.15, 0.2) is 24.3 Å². The number of carbonyl (C=O) groups excluding carboxylic acids is 4. The highest BCUT2D eigenvalue weighted by Crippen LogP contribution is 2.40. The van der Waals surface area contributed by atoms with E-state index in [9.17, 15) is 19.2 Å². The monoisotopic (exact) mass is 483 g/mol. The lowest BCUT2D eigenvalue weighted by atomic mass is 9.88. The maximum absolute atomic E-state index is 12.5. The summed E-state index contributed by atoms with van der Waals surface area (Å²) in [6.07, 6.45) is 2.27. The van der Waals surface area contributed by atoms with Crippen molar-refractivity contribution in [2.45, 2.75) is 39.5 Å². The van der Waals surface area contributed by atoms with Gasteiger partial charge < -0.3 is 20.1 Å². The summed E-state index contributed by atoms with van der Waals surface area (Å²) in [6, 6.07) is 7.61. The van der Waals surface area contributed by atoms with E-state index in [1.54, 1.807) is 13.0 Å². The average Bonchev–Trinajstić information content (AvgIpc) is 3.15. The molecule has 0 saturated heterocycles. The van der Waals surface area contributed by atoms with Crippen LogP contribution in [0.25, 0.3) is 0 Å². The van der Waals surface area contributed by atoms with E-state index < -0.39 is 30.4 Å². The van der Waals surface area contributed by atoms with Gasteiger partial charge in [0.05, 0.1) is 23.8 Å². The Bertz CT molecular complexity index is 1130. The molecule has 2 N–H and O–H groups in total. The lowest BCUT2D eigenvalue weighted by Gasteiger charge is -2.18. The van der Waals surface area contributed by atoms with Crippen molar-refractivity contribution in [1.29, 1.82) is 5.26 Å². The number of hydrogen-bond donors (Lipinski definition) is 2. The first kappa shape index (κ1) is 24.9. The molecule has 0 bridgehead atoms. The number of hydrogen-bond acceptors (Lipinski definition) is 8. The fraction of sp³-hybridized carbons (Fsp3) is 0.375. The van der Waals surface area contributed by atoms with Gasteiger partial charge in [-0.15, -0.1) is 11.3 Å². The number of rotatable bonds is 8. The van der Waals surface area contributed by atoms with Crippen LogP contribution in [0.3, 0.4) is 0 Å². The molecule has 1 aromatic carbocycles. The molecule has 1 atom stereocenters. The number of nitrogens with zero attached hydrogens (tertiary/aromatic N) is 1. The van der Waals surface area contributed by atoms with Gasteiger partial charge in [-0.2, -0.15) is 5.26 Å². The molecule has 1 heterocycles. The van der Waals surface area contributed by atoms with Gasteiger partial charge in [0, 0.05) is 10.6 Å². The number of ether oxygens (including phenoxy) is 2. The zero-order valence-corrected chi connectivity index (χ0v) is 19.8. The molecule has 0 spiro atoms. The van der Waals surface area contributed by atoms with Gasteiger partial charge in [0.2, 0.25) is 5.91 Å². The number of benzene rings is 1. The standard InChI is InChI=1S/C24H25N3O6S/c1-3-32-24(31)21-17-9-4-14(2)12-18(17)34-22(21)27-20(29)13-33-23(30)15-5-7-16(8-6-15)26-19(28)10-11-25/h5-8,14H,3-4,9-10,12-13H2,1-2H3,(H,26,28)(H,27,29). The molecule has 3 rings (SSSR count). The Morgan fingerprint density at radius 1 is 1.09 bits per heavy atom. The first-order valence-electron chi connectivity index (χ1n) is 10.9. The Balaban J connectivity index is 1.61. The molecule has 1 unspecified atom stereocenters. The molecule has 1 aliphatic rings. The smallest absolute Gasteiger partial charge is 0.341 e. The van der Waals surface area contributed by atoms with Crippen molar-refractivity contribution in [2.75, 3.05) is 23.8 Å². The fourth-order valence-electron chi connectivity index (χ4n) is 3.60. The summed E-state index contributed by atoms with van der Waals surface area (Å²) in [7, 11) is 0. The Labute approximate surface area is 201 Å². The second-order valence-corrected chi connectivity index (χ2v) is 8.97. The van der Waals surface area contributed by atoms with Gasteiger partial charge >= 0.3 is 11.9 Å². The van der Waals surface area contributed by atoms with E-state index >= 15 is 0 Å². The summed E-state index contributed by atoms with van der Waals surface area (Å²) in [6.45, 7) is 3.58. The summed E-state index contributed by atoms with van der Waals surface area (Å²) < 4.78 is 10.3. The number of esters is 2. The SMILES string of the molecule is CCOC(=O)c1c(NC(=O)COC(=O)c2ccc(NC(=O)CC#N)cc2)sc2c1CCC(C)C2. The van der Waals surface area contributed by atoms with E-state index in [-0.39, 0.29) is 18.6 Å². The topological polar surface area (TPSA) is 135 Å². The quantitative estimate of drug-likeness (QED) is 0.547. The lowest BCUT2D eigenvalue weighted by Crippen LogP contribution is -2.22. The van der Waals surface area contributed by atoms with Crippen LogP contribution in [-0.2, 0) is 31.9 Å². The Kier molecular flexibility index (Phi) is 8.38. The maximum Gasteiger partial charge on any atom is 0.341 e. The van der Waals surface area contributed by atoms with Crippen LogP contribution >= 0.6 is 11.3 Å². The highest BCUT2D eigenvalue weighted by Gasteiger charge is 2.29. The van der Waals surface area contributed by atoms with Gasteiger partial charge in [-0.25, -0.2) is 9.59 Å². The molecule has 0 radical (unpaired) electrons. The molecule has 0 saturated carbocycles. The first-order chi connectivity index (χ1) is 16.3. The number of anilines is 2. The van der Waals surface area contributed by atoms with E-state index in [0.717, 1.165) is 29.7 Å². The summed E-state index contributed by atoms with van der Waals surface area (Å²) in [4.78, 5) is 49.8. The van der Waals surface area contributed by atoms with E-state index in [2.05, 4.69) is 17.6 Å². The Morgan fingerprint density at radius 2 is 1.82 bits per heavy atom. The number of carbonyl (C=O) groups is 4. The van der Waals surface area contributed by atoms with Crippen molar-refractivity contribution in [3.05, 3.63) is 45.8 Å². The fourth-order valence-corrected chi connectivity index (χ4v) is 5.02. The van der Waals surface area contributed by atoms with Gasteiger partial charge in [0.1, 0.15) is 11.4 Å². The highest BCUT2D eigenvalue weighted by molar-refractivity contribution is 7.17. The number of fused-ring (bicyclic) bond motifs is 1. The summed E-state index contributed by atoms with van der Waals surface area (Å²) in [5.41, 5.74) is 1.94.